The van der Waals surface area contributed by atoms with Gasteiger partial charge in [-0.25, -0.2) is 0 Å². The molecule has 2 aliphatic rings. The molecule has 1 unspecified atom stereocenters. The molecule has 1 aromatic heterocycles. The lowest BCUT2D eigenvalue weighted by Gasteiger charge is -2.47. The fraction of sp³-hybridized carbons (Fsp3) is 0.812. The second-order valence-electron chi connectivity index (χ2n) is 7.42. The second-order valence-corrected chi connectivity index (χ2v) is 7.42. The van der Waals surface area contributed by atoms with Crippen LogP contribution in [-0.4, -0.2) is 27.5 Å². The van der Waals surface area contributed by atoms with Gasteiger partial charge in [-0.2, -0.15) is 5.10 Å². The molecule has 1 saturated heterocycles. The van der Waals surface area contributed by atoms with Crippen LogP contribution in [0.4, 0.5) is 0 Å². The van der Waals surface area contributed by atoms with Gasteiger partial charge in [0, 0.05) is 24.9 Å². The lowest BCUT2D eigenvalue weighted by molar-refractivity contribution is -0.141. The highest BCUT2D eigenvalue weighted by Crippen LogP contribution is 2.45. The molecule has 1 saturated carbocycles. The van der Waals surface area contributed by atoms with Crippen LogP contribution in [0, 0.1) is 0 Å². The Morgan fingerprint density at radius 2 is 2.25 bits per heavy atom. The van der Waals surface area contributed by atoms with E-state index in [1.165, 1.54) is 19.3 Å². The first-order valence-electron chi connectivity index (χ1n) is 7.89. The Hall–Kier alpha value is -0.870. The molecule has 1 atom stereocenters. The van der Waals surface area contributed by atoms with Gasteiger partial charge in [-0.1, -0.05) is 0 Å². The van der Waals surface area contributed by atoms with Crippen LogP contribution in [0.5, 0.6) is 0 Å². The fourth-order valence-electron chi connectivity index (χ4n) is 3.18. The van der Waals surface area contributed by atoms with E-state index in [1.807, 2.05) is 0 Å². The highest BCUT2D eigenvalue weighted by atomic mass is 16.5. The average molecular weight is 277 g/mol. The molecule has 1 spiro atoms. The van der Waals surface area contributed by atoms with Crippen LogP contribution >= 0.6 is 0 Å². The SMILES string of the molecule is CC(C)(C)NCc1ccn(C2CCOC3(CCC3)C2)n1. The van der Waals surface area contributed by atoms with Crippen LogP contribution < -0.4 is 5.32 Å². The van der Waals surface area contributed by atoms with E-state index in [4.69, 9.17) is 9.84 Å². The third kappa shape index (κ3) is 3.07. The third-order valence-electron chi connectivity index (χ3n) is 4.57. The van der Waals surface area contributed by atoms with E-state index in [-0.39, 0.29) is 11.1 Å². The van der Waals surface area contributed by atoms with Gasteiger partial charge in [-0.3, -0.25) is 4.68 Å². The molecule has 112 valence electrons. The van der Waals surface area contributed by atoms with Crippen molar-refractivity contribution in [3.63, 3.8) is 0 Å². The van der Waals surface area contributed by atoms with Gasteiger partial charge in [0.15, 0.2) is 0 Å². The van der Waals surface area contributed by atoms with Crippen molar-refractivity contribution in [2.45, 2.75) is 76.6 Å². The maximum atomic E-state index is 6.00. The minimum atomic E-state index is 0.137. The van der Waals surface area contributed by atoms with E-state index in [9.17, 15) is 0 Å². The standard InChI is InChI=1S/C16H27N3O/c1-15(2,3)17-12-13-5-9-19(18-13)14-6-10-20-16(11-14)7-4-8-16/h5,9,14,17H,4,6-8,10-12H2,1-3H3. The molecule has 1 aliphatic heterocycles. The Morgan fingerprint density at radius 3 is 2.90 bits per heavy atom. The van der Waals surface area contributed by atoms with Crippen molar-refractivity contribution in [1.82, 2.24) is 15.1 Å². The minimum Gasteiger partial charge on any atom is -0.375 e. The number of hydrogen-bond acceptors (Lipinski definition) is 3. The Bertz CT molecular complexity index is 457. The summed E-state index contributed by atoms with van der Waals surface area (Å²) in [6, 6.07) is 2.66. The van der Waals surface area contributed by atoms with E-state index in [2.05, 4.69) is 43.0 Å². The van der Waals surface area contributed by atoms with Crippen LogP contribution in [0.1, 0.15) is 64.6 Å². The van der Waals surface area contributed by atoms with Crippen LogP contribution in [0.2, 0.25) is 0 Å². The zero-order chi connectivity index (χ0) is 14.2. The maximum Gasteiger partial charge on any atom is 0.0762 e. The normalized spacial score (nSPS) is 25.6. The number of aromatic nitrogens is 2. The van der Waals surface area contributed by atoms with Crippen LogP contribution in [-0.2, 0) is 11.3 Å². The van der Waals surface area contributed by atoms with Gasteiger partial charge < -0.3 is 10.1 Å². The predicted octanol–water partition coefficient (Wildman–Crippen LogP) is 3.05. The van der Waals surface area contributed by atoms with Gasteiger partial charge in [-0.05, 0) is 58.9 Å². The summed E-state index contributed by atoms with van der Waals surface area (Å²) in [5.74, 6) is 0. The van der Waals surface area contributed by atoms with E-state index in [0.717, 1.165) is 31.7 Å². The molecule has 0 aromatic carbocycles. The number of nitrogens with one attached hydrogen (secondary N) is 1. The molecule has 0 bridgehead atoms. The highest BCUT2D eigenvalue weighted by molar-refractivity contribution is 5.02. The zero-order valence-corrected chi connectivity index (χ0v) is 13.0. The molecule has 1 N–H and O–H groups in total. The van der Waals surface area contributed by atoms with Crippen LogP contribution in [0.15, 0.2) is 12.3 Å². The van der Waals surface area contributed by atoms with E-state index < -0.39 is 0 Å². The van der Waals surface area contributed by atoms with Crippen molar-refractivity contribution < 1.29 is 4.74 Å². The third-order valence-corrected chi connectivity index (χ3v) is 4.57. The molecule has 3 rings (SSSR count). The van der Waals surface area contributed by atoms with Crippen LogP contribution in [0.25, 0.3) is 0 Å². The first-order valence-corrected chi connectivity index (χ1v) is 7.89. The smallest absolute Gasteiger partial charge is 0.0762 e. The molecular weight excluding hydrogens is 250 g/mol. The summed E-state index contributed by atoms with van der Waals surface area (Å²) in [5, 5.41) is 8.25. The predicted molar refractivity (Wildman–Crippen MR) is 79.6 cm³/mol. The largest absolute Gasteiger partial charge is 0.375 e. The monoisotopic (exact) mass is 277 g/mol. The number of ether oxygens (including phenoxy) is 1. The average Bonchev–Trinajstić information content (AvgIpc) is 2.83. The summed E-state index contributed by atoms with van der Waals surface area (Å²) in [6.45, 7) is 8.28. The maximum absolute atomic E-state index is 6.00. The Morgan fingerprint density at radius 1 is 1.45 bits per heavy atom. The minimum absolute atomic E-state index is 0.137. The molecular formula is C16H27N3O. The van der Waals surface area contributed by atoms with Crippen molar-refractivity contribution in [2.24, 2.45) is 0 Å². The molecule has 1 aliphatic carbocycles. The van der Waals surface area contributed by atoms with Crippen molar-refractivity contribution in [3.8, 4) is 0 Å². The molecule has 0 amide bonds. The molecule has 4 nitrogen and oxygen atoms in total. The van der Waals surface area contributed by atoms with Crippen molar-refractivity contribution in [2.75, 3.05) is 6.61 Å². The van der Waals surface area contributed by atoms with Gasteiger partial charge >= 0.3 is 0 Å². The Labute approximate surface area is 121 Å². The Balaban J connectivity index is 1.61. The topological polar surface area (TPSA) is 39.1 Å². The van der Waals surface area contributed by atoms with Gasteiger partial charge in [0.25, 0.3) is 0 Å². The van der Waals surface area contributed by atoms with Gasteiger partial charge in [-0.15, -0.1) is 0 Å². The molecule has 2 heterocycles. The summed E-state index contributed by atoms with van der Waals surface area (Å²) >= 11 is 0. The summed E-state index contributed by atoms with van der Waals surface area (Å²) in [7, 11) is 0. The molecule has 1 aromatic rings. The van der Waals surface area contributed by atoms with Crippen molar-refractivity contribution >= 4 is 0 Å². The molecule has 2 fully saturated rings. The first-order chi connectivity index (χ1) is 9.46. The van der Waals surface area contributed by atoms with Crippen molar-refractivity contribution in [1.29, 1.82) is 0 Å². The highest BCUT2D eigenvalue weighted by Gasteiger charge is 2.43. The first kappa shape index (κ1) is 14.1. The van der Waals surface area contributed by atoms with Gasteiger partial charge in [0.1, 0.15) is 0 Å². The van der Waals surface area contributed by atoms with E-state index in [0.29, 0.717) is 6.04 Å². The van der Waals surface area contributed by atoms with Gasteiger partial charge in [0.2, 0.25) is 0 Å². The fourth-order valence-corrected chi connectivity index (χ4v) is 3.18. The lowest BCUT2D eigenvalue weighted by atomic mass is 9.74. The number of rotatable bonds is 3. The quantitative estimate of drug-likeness (QED) is 0.923. The summed E-state index contributed by atoms with van der Waals surface area (Å²) < 4.78 is 8.17. The van der Waals surface area contributed by atoms with E-state index in [1.54, 1.807) is 0 Å². The van der Waals surface area contributed by atoms with Crippen molar-refractivity contribution in [3.05, 3.63) is 18.0 Å². The summed E-state index contributed by atoms with van der Waals surface area (Å²) in [5.41, 5.74) is 1.46. The molecule has 20 heavy (non-hydrogen) atoms. The van der Waals surface area contributed by atoms with E-state index >= 15 is 0 Å². The lowest BCUT2D eigenvalue weighted by Crippen LogP contribution is -2.46. The Kier molecular flexibility index (Phi) is 3.63. The number of nitrogens with zero attached hydrogens (tertiary/aromatic N) is 2. The molecule has 4 heteroatoms. The number of hydrogen-bond donors (Lipinski definition) is 1. The van der Waals surface area contributed by atoms with Gasteiger partial charge in [0.05, 0.1) is 17.3 Å². The molecule has 0 radical (unpaired) electrons. The van der Waals surface area contributed by atoms with Crippen LogP contribution in [0.3, 0.4) is 0 Å². The zero-order valence-electron chi connectivity index (χ0n) is 13.0. The summed E-state index contributed by atoms with van der Waals surface area (Å²) in [6.07, 6.45) is 8.18. The summed E-state index contributed by atoms with van der Waals surface area (Å²) in [4.78, 5) is 0. The second kappa shape index (κ2) is 5.15.